The number of carbonyl (C=O) groups excluding carboxylic acids is 1. The topological polar surface area (TPSA) is 49.6 Å². The van der Waals surface area contributed by atoms with Crippen LogP contribution >= 0.6 is 0 Å². The summed E-state index contributed by atoms with van der Waals surface area (Å²) in [6, 6.07) is 0.394. The Balaban J connectivity index is 1.59. The van der Waals surface area contributed by atoms with Gasteiger partial charge >= 0.3 is 0 Å². The van der Waals surface area contributed by atoms with Gasteiger partial charge in [-0.3, -0.25) is 9.69 Å². The van der Waals surface area contributed by atoms with E-state index in [4.69, 9.17) is 4.42 Å². The third-order valence-electron chi connectivity index (χ3n) is 4.48. The van der Waals surface area contributed by atoms with Gasteiger partial charge in [-0.05, 0) is 25.8 Å². The van der Waals surface area contributed by atoms with Crippen molar-refractivity contribution < 1.29 is 9.21 Å². The molecule has 0 bridgehead atoms. The molecule has 2 aliphatic heterocycles. The number of hydrogen-bond donors (Lipinski definition) is 0. The first-order valence-corrected chi connectivity index (χ1v) is 8.09. The van der Waals surface area contributed by atoms with Crippen molar-refractivity contribution in [2.75, 3.05) is 19.6 Å². The Morgan fingerprint density at radius 2 is 2.24 bits per heavy atom. The minimum Gasteiger partial charge on any atom is -0.448 e. The van der Waals surface area contributed by atoms with Crippen LogP contribution in [0, 0.1) is 0 Å². The van der Waals surface area contributed by atoms with Crippen LogP contribution in [-0.2, 0) is 11.3 Å². The number of piperidine rings is 1. The third-order valence-corrected chi connectivity index (χ3v) is 4.48. The van der Waals surface area contributed by atoms with Gasteiger partial charge in [0.2, 0.25) is 5.91 Å². The molecule has 1 aromatic heterocycles. The largest absolute Gasteiger partial charge is 0.448 e. The zero-order valence-electron chi connectivity index (χ0n) is 13.0. The normalized spacial score (nSPS) is 24.2. The molecule has 1 atom stereocenters. The van der Waals surface area contributed by atoms with Gasteiger partial charge in [0.25, 0.3) is 0 Å². The highest BCUT2D eigenvalue weighted by atomic mass is 16.3. The molecule has 0 unspecified atom stereocenters. The highest BCUT2D eigenvalue weighted by molar-refractivity contribution is 5.78. The molecule has 21 heavy (non-hydrogen) atoms. The van der Waals surface area contributed by atoms with Crippen LogP contribution in [0.3, 0.4) is 0 Å². The highest BCUT2D eigenvalue weighted by Crippen LogP contribution is 2.23. The van der Waals surface area contributed by atoms with E-state index in [1.165, 1.54) is 0 Å². The minimum atomic E-state index is 0.329. The summed E-state index contributed by atoms with van der Waals surface area (Å²) in [6.45, 7) is 8.00. The van der Waals surface area contributed by atoms with Gasteiger partial charge in [-0.1, -0.05) is 13.8 Å². The fraction of sp³-hybridized carbons (Fsp3) is 0.750. The maximum absolute atomic E-state index is 11.9. The maximum atomic E-state index is 11.9. The van der Waals surface area contributed by atoms with E-state index in [1.807, 2.05) is 0 Å². The summed E-state index contributed by atoms with van der Waals surface area (Å²) in [5.74, 6) is 1.48. The number of amides is 1. The van der Waals surface area contributed by atoms with Gasteiger partial charge < -0.3 is 9.32 Å². The van der Waals surface area contributed by atoms with Gasteiger partial charge in [-0.25, -0.2) is 4.98 Å². The van der Waals surface area contributed by atoms with Crippen molar-refractivity contribution in [3.8, 4) is 0 Å². The molecule has 2 fully saturated rings. The molecule has 2 saturated heterocycles. The van der Waals surface area contributed by atoms with Gasteiger partial charge in [0, 0.05) is 38.0 Å². The van der Waals surface area contributed by atoms with Crippen molar-refractivity contribution in [1.82, 2.24) is 14.8 Å². The van der Waals surface area contributed by atoms with Gasteiger partial charge in [0.1, 0.15) is 6.26 Å². The average Bonchev–Trinajstić information content (AvgIpc) is 3.08. The molecule has 0 N–H and O–H groups in total. The van der Waals surface area contributed by atoms with Crippen LogP contribution in [-0.4, -0.2) is 46.4 Å². The predicted molar refractivity (Wildman–Crippen MR) is 79.8 cm³/mol. The average molecular weight is 291 g/mol. The Morgan fingerprint density at radius 1 is 1.38 bits per heavy atom. The molecule has 0 spiro atoms. The van der Waals surface area contributed by atoms with Gasteiger partial charge in [0.05, 0.1) is 5.69 Å². The molecule has 2 aliphatic rings. The van der Waals surface area contributed by atoms with Crippen LogP contribution in [0.4, 0.5) is 0 Å². The predicted octanol–water partition coefficient (Wildman–Crippen LogP) is 2.38. The Labute approximate surface area is 126 Å². The molecule has 1 amide bonds. The summed E-state index contributed by atoms with van der Waals surface area (Å²) in [6.07, 6.45) is 5.83. The number of carbonyl (C=O) groups is 1. The lowest BCUT2D eigenvalue weighted by molar-refractivity contribution is -0.130. The maximum Gasteiger partial charge on any atom is 0.222 e. The SMILES string of the molecule is CC(C)c1nc(CN2CCC[C@H](N3CCCC3=O)C2)co1. The van der Waals surface area contributed by atoms with E-state index in [0.717, 1.165) is 63.4 Å². The van der Waals surface area contributed by atoms with Gasteiger partial charge in [0.15, 0.2) is 5.89 Å². The molecule has 0 aliphatic carbocycles. The molecule has 1 aromatic rings. The second kappa shape index (κ2) is 6.18. The zero-order chi connectivity index (χ0) is 14.8. The van der Waals surface area contributed by atoms with Gasteiger partial charge in [-0.2, -0.15) is 0 Å². The number of oxazole rings is 1. The lowest BCUT2D eigenvalue weighted by atomic mass is 10.0. The summed E-state index contributed by atoms with van der Waals surface area (Å²) >= 11 is 0. The Hall–Kier alpha value is -1.36. The van der Waals surface area contributed by atoms with E-state index in [9.17, 15) is 4.79 Å². The van der Waals surface area contributed by atoms with E-state index in [0.29, 0.717) is 17.9 Å². The van der Waals surface area contributed by atoms with Crippen molar-refractivity contribution in [3.63, 3.8) is 0 Å². The second-order valence-corrected chi connectivity index (χ2v) is 6.55. The number of likely N-dealkylation sites (tertiary alicyclic amines) is 2. The first kappa shape index (κ1) is 14.6. The molecule has 0 saturated carbocycles. The van der Waals surface area contributed by atoms with E-state index in [2.05, 4.69) is 28.6 Å². The molecule has 3 heterocycles. The van der Waals surface area contributed by atoms with Crippen molar-refractivity contribution >= 4 is 5.91 Å². The number of hydrogen-bond acceptors (Lipinski definition) is 4. The lowest BCUT2D eigenvalue weighted by Crippen LogP contribution is -2.48. The fourth-order valence-electron chi connectivity index (χ4n) is 3.37. The zero-order valence-corrected chi connectivity index (χ0v) is 13.0. The van der Waals surface area contributed by atoms with Crippen LogP contribution in [0.2, 0.25) is 0 Å². The molecule has 116 valence electrons. The molecule has 0 aromatic carbocycles. The Kier molecular flexibility index (Phi) is 4.29. The van der Waals surface area contributed by atoms with Crippen LogP contribution in [0.25, 0.3) is 0 Å². The van der Waals surface area contributed by atoms with Crippen molar-refractivity contribution in [2.24, 2.45) is 0 Å². The lowest BCUT2D eigenvalue weighted by Gasteiger charge is -2.37. The highest BCUT2D eigenvalue weighted by Gasteiger charge is 2.31. The van der Waals surface area contributed by atoms with Gasteiger partial charge in [-0.15, -0.1) is 0 Å². The van der Waals surface area contributed by atoms with Crippen molar-refractivity contribution in [2.45, 2.75) is 58.0 Å². The quantitative estimate of drug-likeness (QED) is 0.854. The number of aromatic nitrogens is 1. The van der Waals surface area contributed by atoms with Crippen LogP contribution in [0.5, 0.6) is 0 Å². The number of rotatable bonds is 4. The Morgan fingerprint density at radius 3 is 2.90 bits per heavy atom. The summed E-state index contributed by atoms with van der Waals surface area (Å²) in [7, 11) is 0. The first-order chi connectivity index (χ1) is 10.1. The summed E-state index contributed by atoms with van der Waals surface area (Å²) in [5, 5.41) is 0. The van der Waals surface area contributed by atoms with Crippen LogP contribution in [0.1, 0.15) is 57.0 Å². The minimum absolute atomic E-state index is 0.329. The van der Waals surface area contributed by atoms with Crippen molar-refractivity contribution in [1.29, 1.82) is 0 Å². The second-order valence-electron chi connectivity index (χ2n) is 6.55. The van der Waals surface area contributed by atoms with Crippen molar-refractivity contribution in [3.05, 3.63) is 17.8 Å². The Bertz CT molecular complexity index is 497. The standard InChI is InChI=1S/C16H25N3O2/c1-12(2)16-17-13(11-21-16)9-18-7-3-5-14(10-18)19-8-4-6-15(19)20/h11-12,14H,3-10H2,1-2H3/t14-/m0/s1. The molecule has 5 heteroatoms. The smallest absolute Gasteiger partial charge is 0.222 e. The molecule has 5 nitrogen and oxygen atoms in total. The molecular weight excluding hydrogens is 266 g/mol. The van der Waals surface area contributed by atoms with E-state index < -0.39 is 0 Å². The summed E-state index contributed by atoms with van der Waals surface area (Å²) in [4.78, 5) is 20.9. The molecular formula is C16H25N3O2. The van der Waals surface area contributed by atoms with Crippen LogP contribution < -0.4 is 0 Å². The first-order valence-electron chi connectivity index (χ1n) is 8.09. The summed E-state index contributed by atoms with van der Waals surface area (Å²) < 4.78 is 5.51. The molecule has 3 rings (SSSR count). The van der Waals surface area contributed by atoms with Crippen LogP contribution in [0.15, 0.2) is 10.7 Å². The van der Waals surface area contributed by atoms with E-state index in [-0.39, 0.29) is 0 Å². The monoisotopic (exact) mass is 291 g/mol. The number of nitrogens with zero attached hydrogens (tertiary/aromatic N) is 3. The fourth-order valence-corrected chi connectivity index (χ4v) is 3.37. The van der Waals surface area contributed by atoms with E-state index >= 15 is 0 Å². The third kappa shape index (κ3) is 3.28. The van der Waals surface area contributed by atoms with E-state index in [1.54, 1.807) is 6.26 Å². The molecule has 0 radical (unpaired) electrons. The summed E-state index contributed by atoms with van der Waals surface area (Å²) in [5.41, 5.74) is 1.01.